The van der Waals surface area contributed by atoms with E-state index in [2.05, 4.69) is 0 Å². The van der Waals surface area contributed by atoms with Gasteiger partial charge in [-0.1, -0.05) is 0 Å². The van der Waals surface area contributed by atoms with Crippen molar-refractivity contribution >= 4 is 5.69 Å². The van der Waals surface area contributed by atoms with E-state index in [1.807, 2.05) is 0 Å². The lowest BCUT2D eigenvalue weighted by molar-refractivity contribution is -0.385. The number of nitro benzene ring substituents is 1. The minimum Gasteiger partial charge on any atom is -0.491 e. The van der Waals surface area contributed by atoms with Crippen LogP contribution in [0.4, 0.5) is 5.69 Å². The van der Waals surface area contributed by atoms with Crippen molar-refractivity contribution in [3.8, 4) is 5.75 Å². The van der Waals surface area contributed by atoms with Crippen LogP contribution in [-0.2, 0) is 4.74 Å². The Labute approximate surface area is 105 Å². The highest BCUT2D eigenvalue weighted by molar-refractivity contribution is 5.49. The third kappa shape index (κ3) is 3.97. The van der Waals surface area contributed by atoms with Gasteiger partial charge in [0.1, 0.15) is 12.4 Å². The Hall–Kier alpha value is -1.66. The van der Waals surface area contributed by atoms with Crippen molar-refractivity contribution < 1.29 is 19.5 Å². The lowest BCUT2D eigenvalue weighted by Crippen LogP contribution is -2.10. The van der Waals surface area contributed by atoms with Crippen molar-refractivity contribution in [3.63, 3.8) is 0 Å². The van der Waals surface area contributed by atoms with Crippen LogP contribution in [0.3, 0.4) is 0 Å². The molecule has 1 N–H and O–H groups in total. The predicted octanol–water partition coefficient (Wildman–Crippen LogP) is 1.60. The third-order valence-corrected chi connectivity index (χ3v) is 2.41. The van der Waals surface area contributed by atoms with Crippen LogP contribution in [0, 0.1) is 24.0 Å². The molecule has 100 valence electrons. The molecule has 0 amide bonds. The topological polar surface area (TPSA) is 81.8 Å². The fraction of sp³-hybridized carbons (Fsp3) is 0.500. The molecule has 0 atom stereocenters. The highest BCUT2D eigenvalue weighted by Gasteiger charge is 2.13. The van der Waals surface area contributed by atoms with Crippen molar-refractivity contribution in [1.29, 1.82) is 0 Å². The van der Waals surface area contributed by atoms with Gasteiger partial charge >= 0.3 is 0 Å². The number of benzene rings is 1. The van der Waals surface area contributed by atoms with E-state index in [-0.39, 0.29) is 18.9 Å². The molecule has 0 spiro atoms. The van der Waals surface area contributed by atoms with Crippen LogP contribution in [0.15, 0.2) is 12.1 Å². The number of ether oxygens (including phenoxy) is 2. The van der Waals surface area contributed by atoms with Crippen molar-refractivity contribution in [3.05, 3.63) is 33.4 Å². The van der Waals surface area contributed by atoms with Crippen molar-refractivity contribution in [2.24, 2.45) is 0 Å². The third-order valence-electron chi connectivity index (χ3n) is 2.41. The Morgan fingerprint density at radius 3 is 2.56 bits per heavy atom. The van der Waals surface area contributed by atoms with E-state index < -0.39 is 4.92 Å². The van der Waals surface area contributed by atoms with Gasteiger partial charge in [-0.2, -0.15) is 0 Å². The summed E-state index contributed by atoms with van der Waals surface area (Å²) in [5.41, 5.74) is 1.38. The van der Waals surface area contributed by atoms with E-state index in [0.717, 1.165) is 5.56 Å². The van der Waals surface area contributed by atoms with E-state index in [0.29, 0.717) is 24.5 Å². The monoisotopic (exact) mass is 255 g/mol. The number of aryl methyl sites for hydroxylation is 2. The first-order chi connectivity index (χ1) is 8.56. The van der Waals surface area contributed by atoms with E-state index >= 15 is 0 Å². The highest BCUT2D eigenvalue weighted by Crippen LogP contribution is 2.27. The van der Waals surface area contributed by atoms with E-state index in [1.54, 1.807) is 19.9 Å². The molecule has 0 bridgehead atoms. The molecular weight excluding hydrogens is 238 g/mol. The molecular formula is C12H17NO5. The Morgan fingerprint density at radius 2 is 1.94 bits per heavy atom. The number of nitrogens with zero attached hydrogens (tertiary/aromatic N) is 1. The summed E-state index contributed by atoms with van der Waals surface area (Å²) in [5.74, 6) is 0.616. The zero-order chi connectivity index (χ0) is 13.5. The first kappa shape index (κ1) is 14.4. The normalized spacial score (nSPS) is 10.4. The summed E-state index contributed by atoms with van der Waals surface area (Å²) in [6.45, 7) is 4.41. The molecule has 18 heavy (non-hydrogen) atoms. The average molecular weight is 255 g/mol. The van der Waals surface area contributed by atoms with Gasteiger partial charge in [0.15, 0.2) is 0 Å². The van der Waals surface area contributed by atoms with Gasteiger partial charge in [0.05, 0.1) is 24.7 Å². The number of nitro groups is 1. The summed E-state index contributed by atoms with van der Waals surface area (Å²) >= 11 is 0. The SMILES string of the molecule is Cc1cc([N+](=O)[O-])c(C)cc1OCCOCCO. The molecule has 0 aliphatic rings. The lowest BCUT2D eigenvalue weighted by atomic mass is 10.1. The average Bonchev–Trinajstić information content (AvgIpc) is 2.32. The zero-order valence-corrected chi connectivity index (χ0v) is 10.5. The lowest BCUT2D eigenvalue weighted by Gasteiger charge is -2.10. The molecule has 1 aromatic carbocycles. The molecule has 6 heteroatoms. The van der Waals surface area contributed by atoms with Gasteiger partial charge in [0.25, 0.3) is 5.69 Å². The molecule has 6 nitrogen and oxygen atoms in total. The maximum Gasteiger partial charge on any atom is 0.272 e. The van der Waals surface area contributed by atoms with Gasteiger partial charge in [0.2, 0.25) is 0 Å². The first-order valence-corrected chi connectivity index (χ1v) is 5.63. The van der Waals surface area contributed by atoms with Gasteiger partial charge < -0.3 is 14.6 Å². The number of hydrogen-bond donors (Lipinski definition) is 1. The molecule has 0 radical (unpaired) electrons. The summed E-state index contributed by atoms with van der Waals surface area (Å²) in [6.07, 6.45) is 0. The summed E-state index contributed by atoms with van der Waals surface area (Å²) in [7, 11) is 0. The Morgan fingerprint density at radius 1 is 1.22 bits per heavy atom. The summed E-state index contributed by atoms with van der Waals surface area (Å²) < 4.78 is 10.5. The fourth-order valence-corrected chi connectivity index (χ4v) is 1.50. The second-order valence-electron chi connectivity index (χ2n) is 3.85. The maximum absolute atomic E-state index is 10.7. The Balaban J connectivity index is 2.62. The molecule has 0 heterocycles. The van der Waals surface area contributed by atoms with Crippen molar-refractivity contribution in [1.82, 2.24) is 0 Å². The van der Waals surface area contributed by atoms with Crippen LogP contribution in [0.2, 0.25) is 0 Å². The molecule has 0 aliphatic heterocycles. The largest absolute Gasteiger partial charge is 0.491 e. The van der Waals surface area contributed by atoms with Crippen LogP contribution in [0.5, 0.6) is 5.75 Å². The zero-order valence-electron chi connectivity index (χ0n) is 10.5. The predicted molar refractivity (Wildman–Crippen MR) is 66.0 cm³/mol. The number of rotatable bonds is 7. The molecule has 0 unspecified atom stereocenters. The standard InChI is InChI=1S/C12H17NO5/c1-9-8-12(18-6-5-17-4-3-14)10(2)7-11(9)13(15)16/h7-8,14H,3-6H2,1-2H3. The van der Waals surface area contributed by atoms with Crippen LogP contribution < -0.4 is 4.74 Å². The molecule has 0 fully saturated rings. The summed E-state index contributed by atoms with van der Waals surface area (Å²) in [6, 6.07) is 3.15. The fourth-order valence-electron chi connectivity index (χ4n) is 1.50. The molecule has 0 saturated carbocycles. The van der Waals surface area contributed by atoms with E-state index in [9.17, 15) is 10.1 Å². The minimum atomic E-state index is -0.406. The van der Waals surface area contributed by atoms with Gasteiger partial charge in [-0.15, -0.1) is 0 Å². The Bertz CT molecular complexity index is 419. The van der Waals surface area contributed by atoms with Gasteiger partial charge in [-0.05, 0) is 25.5 Å². The molecule has 0 aliphatic carbocycles. The quantitative estimate of drug-likeness (QED) is 0.454. The van der Waals surface area contributed by atoms with Crippen molar-refractivity contribution in [2.75, 3.05) is 26.4 Å². The minimum absolute atomic E-state index is 0.0182. The first-order valence-electron chi connectivity index (χ1n) is 5.63. The second kappa shape index (κ2) is 6.93. The van der Waals surface area contributed by atoms with E-state index in [1.165, 1.54) is 6.07 Å². The summed E-state index contributed by atoms with van der Waals surface area (Å²) in [5, 5.41) is 19.3. The summed E-state index contributed by atoms with van der Waals surface area (Å²) in [4.78, 5) is 10.3. The number of aliphatic hydroxyl groups is 1. The molecule has 1 aromatic rings. The van der Waals surface area contributed by atoms with Gasteiger partial charge in [-0.3, -0.25) is 10.1 Å². The Kier molecular flexibility index (Phi) is 5.54. The molecule has 1 rings (SSSR count). The maximum atomic E-state index is 10.7. The van der Waals surface area contributed by atoms with Crippen LogP contribution in [0.25, 0.3) is 0 Å². The van der Waals surface area contributed by atoms with Crippen molar-refractivity contribution in [2.45, 2.75) is 13.8 Å². The highest BCUT2D eigenvalue weighted by atomic mass is 16.6. The van der Waals surface area contributed by atoms with E-state index in [4.69, 9.17) is 14.6 Å². The second-order valence-corrected chi connectivity index (χ2v) is 3.85. The number of hydrogen-bond acceptors (Lipinski definition) is 5. The molecule has 0 aromatic heterocycles. The van der Waals surface area contributed by atoms with Gasteiger partial charge in [-0.25, -0.2) is 0 Å². The smallest absolute Gasteiger partial charge is 0.272 e. The van der Waals surface area contributed by atoms with Gasteiger partial charge in [0, 0.05) is 11.6 Å². The van der Waals surface area contributed by atoms with Crippen LogP contribution >= 0.6 is 0 Å². The number of aliphatic hydroxyl groups excluding tert-OH is 1. The van der Waals surface area contributed by atoms with Crippen LogP contribution in [-0.4, -0.2) is 36.5 Å². The molecule has 0 saturated heterocycles. The van der Waals surface area contributed by atoms with Crippen LogP contribution in [0.1, 0.15) is 11.1 Å².